The second kappa shape index (κ2) is 8.96. The summed E-state index contributed by atoms with van der Waals surface area (Å²) >= 11 is 0. The lowest BCUT2D eigenvalue weighted by Gasteiger charge is -2.28. The average molecular weight is 326 g/mol. The highest BCUT2D eigenvalue weighted by atomic mass is 16.5. The van der Waals surface area contributed by atoms with Crippen molar-refractivity contribution in [2.24, 2.45) is 0 Å². The van der Waals surface area contributed by atoms with Crippen molar-refractivity contribution in [1.82, 2.24) is 5.32 Å². The van der Waals surface area contributed by atoms with Crippen LogP contribution in [0.4, 0.5) is 5.69 Å². The first-order valence-electron chi connectivity index (χ1n) is 8.34. The molecule has 4 nitrogen and oxygen atoms in total. The second-order valence-corrected chi connectivity index (χ2v) is 6.07. The second-order valence-electron chi connectivity index (χ2n) is 6.07. The summed E-state index contributed by atoms with van der Waals surface area (Å²) in [6.45, 7) is 7.53. The molecule has 0 aliphatic rings. The van der Waals surface area contributed by atoms with Crippen LogP contribution >= 0.6 is 0 Å². The maximum atomic E-state index is 12.2. The third-order valence-electron chi connectivity index (χ3n) is 3.74. The Morgan fingerprint density at radius 3 is 2.38 bits per heavy atom. The van der Waals surface area contributed by atoms with E-state index in [9.17, 15) is 4.79 Å². The van der Waals surface area contributed by atoms with Crippen molar-refractivity contribution in [3.8, 4) is 5.75 Å². The largest absolute Gasteiger partial charge is 0.492 e. The number of benzene rings is 2. The van der Waals surface area contributed by atoms with Crippen molar-refractivity contribution in [1.29, 1.82) is 0 Å². The average Bonchev–Trinajstić information content (AvgIpc) is 2.58. The van der Waals surface area contributed by atoms with Crippen LogP contribution in [0.2, 0.25) is 0 Å². The molecule has 0 spiro atoms. The number of hydrogen-bond donors (Lipinski definition) is 1. The topological polar surface area (TPSA) is 41.6 Å². The van der Waals surface area contributed by atoms with Crippen molar-refractivity contribution in [2.75, 3.05) is 24.6 Å². The van der Waals surface area contributed by atoms with Crippen LogP contribution in [0.5, 0.6) is 5.75 Å². The fourth-order valence-electron chi connectivity index (χ4n) is 2.39. The van der Waals surface area contributed by atoms with Gasteiger partial charge in [-0.1, -0.05) is 35.9 Å². The van der Waals surface area contributed by atoms with Gasteiger partial charge in [-0.05, 0) is 45.0 Å². The number of aryl methyl sites for hydroxylation is 1. The lowest BCUT2D eigenvalue weighted by molar-refractivity contribution is -0.119. The molecule has 2 rings (SSSR count). The lowest BCUT2D eigenvalue weighted by Crippen LogP contribution is -2.42. The van der Waals surface area contributed by atoms with Gasteiger partial charge in [0.05, 0.1) is 13.1 Å². The standard InChI is InChI=1S/C20H26N2O2/c1-16(2)22(18-11-9-17(3)10-12-18)15-20(23)21-13-14-24-19-7-5-4-6-8-19/h4-12,16H,13-15H2,1-3H3,(H,21,23). The van der Waals surface area contributed by atoms with Crippen molar-refractivity contribution in [2.45, 2.75) is 26.8 Å². The summed E-state index contributed by atoms with van der Waals surface area (Å²) < 4.78 is 5.58. The van der Waals surface area contributed by atoms with Gasteiger partial charge in [-0.15, -0.1) is 0 Å². The molecule has 0 unspecified atom stereocenters. The Morgan fingerprint density at radius 1 is 1.08 bits per heavy atom. The normalized spacial score (nSPS) is 10.5. The molecule has 0 atom stereocenters. The Kier molecular flexibility index (Phi) is 6.67. The molecule has 0 radical (unpaired) electrons. The third kappa shape index (κ3) is 5.61. The molecular weight excluding hydrogens is 300 g/mol. The van der Waals surface area contributed by atoms with E-state index in [-0.39, 0.29) is 11.9 Å². The smallest absolute Gasteiger partial charge is 0.239 e. The van der Waals surface area contributed by atoms with E-state index in [1.807, 2.05) is 30.3 Å². The molecule has 2 aromatic rings. The number of amides is 1. The Labute approximate surface area is 144 Å². The van der Waals surface area contributed by atoms with Crippen LogP contribution in [0.15, 0.2) is 54.6 Å². The molecule has 0 aromatic heterocycles. The fourth-order valence-corrected chi connectivity index (χ4v) is 2.39. The molecule has 0 saturated carbocycles. The molecule has 0 bridgehead atoms. The monoisotopic (exact) mass is 326 g/mol. The molecule has 0 saturated heterocycles. The molecule has 128 valence electrons. The first kappa shape index (κ1) is 17.9. The maximum absolute atomic E-state index is 12.2. The van der Waals surface area contributed by atoms with E-state index in [0.717, 1.165) is 11.4 Å². The molecular formula is C20H26N2O2. The SMILES string of the molecule is Cc1ccc(N(CC(=O)NCCOc2ccccc2)C(C)C)cc1. The van der Waals surface area contributed by atoms with Gasteiger partial charge in [-0.25, -0.2) is 0 Å². The van der Waals surface area contributed by atoms with E-state index >= 15 is 0 Å². The van der Waals surface area contributed by atoms with Gasteiger partial charge in [-0.2, -0.15) is 0 Å². The number of rotatable bonds is 8. The predicted octanol–water partition coefficient (Wildman–Crippen LogP) is 3.41. The van der Waals surface area contributed by atoms with Crippen molar-refractivity contribution >= 4 is 11.6 Å². The molecule has 0 fully saturated rings. The highest BCUT2D eigenvalue weighted by Crippen LogP contribution is 2.17. The summed E-state index contributed by atoms with van der Waals surface area (Å²) in [6, 6.07) is 18.1. The molecule has 0 heterocycles. The van der Waals surface area contributed by atoms with E-state index in [1.165, 1.54) is 5.56 Å². The van der Waals surface area contributed by atoms with Gasteiger partial charge in [0.1, 0.15) is 12.4 Å². The molecule has 1 N–H and O–H groups in total. The van der Waals surface area contributed by atoms with Gasteiger partial charge in [0.2, 0.25) is 5.91 Å². The van der Waals surface area contributed by atoms with E-state index in [2.05, 4.69) is 55.3 Å². The number of nitrogens with zero attached hydrogens (tertiary/aromatic N) is 1. The number of carbonyl (C=O) groups excluding carboxylic acids is 1. The Hall–Kier alpha value is -2.49. The quantitative estimate of drug-likeness (QED) is 0.756. The first-order valence-corrected chi connectivity index (χ1v) is 8.34. The van der Waals surface area contributed by atoms with E-state index in [0.29, 0.717) is 19.7 Å². The fraction of sp³-hybridized carbons (Fsp3) is 0.350. The maximum Gasteiger partial charge on any atom is 0.239 e. The first-order chi connectivity index (χ1) is 11.6. The van der Waals surface area contributed by atoms with Crippen LogP contribution in [0.3, 0.4) is 0 Å². The Balaban J connectivity index is 1.79. The zero-order chi connectivity index (χ0) is 17.4. The molecule has 2 aromatic carbocycles. The van der Waals surface area contributed by atoms with Crippen molar-refractivity contribution in [3.05, 3.63) is 60.2 Å². The minimum Gasteiger partial charge on any atom is -0.492 e. The van der Waals surface area contributed by atoms with E-state index in [1.54, 1.807) is 0 Å². The molecule has 24 heavy (non-hydrogen) atoms. The van der Waals surface area contributed by atoms with Crippen LogP contribution in [0.1, 0.15) is 19.4 Å². The summed E-state index contributed by atoms with van der Waals surface area (Å²) in [7, 11) is 0. The van der Waals surface area contributed by atoms with E-state index in [4.69, 9.17) is 4.74 Å². The number of para-hydroxylation sites is 1. The Morgan fingerprint density at radius 2 is 1.75 bits per heavy atom. The Bertz CT molecular complexity index is 624. The van der Waals surface area contributed by atoms with Crippen molar-refractivity contribution < 1.29 is 9.53 Å². The number of nitrogens with one attached hydrogen (secondary N) is 1. The zero-order valence-corrected chi connectivity index (χ0v) is 14.7. The summed E-state index contributed by atoms with van der Waals surface area (Å²) in [5, 5.41) is 2.91. The highest BCUT2D eigenvalue weighted by Gasteiger charge is 2.14. The molecule has 0 aliphatic carbocycles. The molecule has 1 amide bonds. The van der Waals surface area contributed by atoms with Gasteiger partial charge < -0.3 is 15.0 Å². The van der Waals surface area contributed by atoms with Gasteiger partial charge in [0, 0.05) is 11.7 Å². The van der Waals surface area contributed by atoms with Gasteiger partial charge in [-0.3, -0.25) is 4.79 Å². The number of anilines is 1. The summed E-state index contributed by atoms with van der Waals surface area (Å²) in [4.78, 5) is 14.3. The van der Waals surface area contributed by atoms with Crippen molar-refractivity contribution in [3.63, 3.8) is 0 Å². The minimum absolute atomic E-state index is 0.000867. The molecule has 4 heteroatoms. The van der Waals surface area contributed by atoms with Gasteiger partial charge >= 0.3 is 0 Å². The van der Waals surface area contributed by atoms with Crippen LogP contribution in [0, 0.1) is 6.92 Å². The van der Waals surface area contributed by atoms with E-state index < -0.39 is 0 Å². The number of ether oxygens (including phenoxy) is 1. The third-order valence-corrected chi connectivity index (χ3v) is 3.74. The summed E-state index contributed by atoms with van der Waals surface area (Å²) in [5.74, 6) is 0.816. The van der Waals surface area contributed by atoms with Gasteiger partial charge in [0.15, 0.2) is 0 Å². The highest BCUT2D eigenvalue weighted by molar-refractivity contribution is 5.81. The van der Waals surface area contributed by atoms with Crippen LogP contribution in [-0.4, -0.2) is 31.6 Å². The number of hydrogen-bond acceptors (Lipinski definition) is 3. The summed E-state index contributed by atoms with van der Waals surface area (Å²) in [5.41, 5.74) is 2.27. The summed E-state index contributed by atoms with van der Waals surface area (Å²) in [6.07, 6.45) is 0. The van der Waals surface area contributed by atoms with Crippen LogP contribution in [0.25, 0.3) is 0 Å². The predicted molar refractivity (Wildman–Crippen MR) is 98.6 cm³/mol. The number of carbonyl (C=O) groups is 1. The van der Waals surface area contributed by atoms with Crippen LogP contribution in [-0.2, 0) is 4.79 Å². The minimum atomic E-state index is 0.000867. The molecule has 0 aliphatic heterocycles. The lowest BCUT2D eigenvalue weighted by atomic mass is 10.2. The van der Waals surface area contributed by atoms with Crippen LogP contribution < -0.4 is 15.0 Å². The van der Waals surface area contributed by atoms with Gasteiger partial charge in [0.25, 0.3) is 0 Å². The zero-order valence-electron chi connectivity index (χ0n) is 14.7.